The summed E-state index contributed by atoms with van der Waals surface area (Å²) in [6.07, 6.45) is 0. The molecule has 30 heavy (non-hydrogen) atoms. The van der Waals surface area contributed by atoms with Gasteiger partial charge in [-0.05, 0) is 55.4 Å². The number of nitrogens with zero attached hydrogens (tertiary/aromatic N) is 1. The van der Waals surface area contributed by atoms with Crippen LogP contribution in [0.4, 0.5) is 0 Å². The van der Waals surface area contributed by atoms with Crippen LogP contribution in [-0.4, -0.2) is 36.2 Å². The largest absolute Gasteiger partial charge is 0.387 e. The maximum Gasteiger partial charge on any atom is 0.0904 e. The first-order chi connectivity index (χ1) is 14.3. The second-order valence-electron chi connectivity index (χ2n) is 8.01. The number of hydrogen-bond acceptors (Lipinski definition) is 3. The zero-order valence-corrected chi connectivity index (χ0v) is 19.8. The Bertz CT molecular complexity index is 959. The molecule has 0 saturated carbocycles. The summed E-state index contributed by atoms with van der Waals surface area (Å²) in [5.41, 5.74) is 3.54. The molecule has 5 heteroatoms. The first-order valence-corrected chi connectivity index (χ1v) is 11.6. The molecule has 2 nitrogen and oxygen atoms in total. The van der Waals surface area contributed by atoms with Crippen molar-refractivity contribution in [3.05, 3.63) is 94.0 Å². The van der Waals surface area contributed by atoms with Crippen LogP contribution in [-0.2, 0) is 5.75 Å². The van der Waals surface area contributed by atoms with Crippen LogP contribution in [0.25, 0.3) is 11.1 Å². The van der Waals surface area contributed by atoms with Gasteiger partial charge in [-0.3, -0.25) is 0 Å². The maximum absolute atomic E-state index is 11.4. The molecule has 0 heterocycles. The average Bonchev–Trinajstić information content (AvgIpc) is 2.69. The lowest BCUT2D eigenvalue weighted by Crippen LogP contribution is -2.41. The molecule has 0 fully saturated rings. The van der Waals surface area contributed by atoms with Gasteiger partial charge in [0.05, 0.1) is 10.9 Å². The highest BCUT2D eigenvalue weighted by Crippen LogP contribution is 2.42. The second-order valence-corrected chi connectivity index (χ2v) is 9.95. The van der Waals surface area contributed by atoms with E-state index in [0.29, 0.717) is 22.3 Å². The summed E-state index contributed by atoms with van der Waals surface area (Å²) < 4.78 is 0. The van der Waals surface area contributed by atoms with Crippen LogP contribution in [0.2, 0.25) is 10.0 Å². The monoisotopic (exact) mass is 459 g/mol. The van der Waals surface area contributed by atoms with Crippen LogP contribution < -0.4 is 0 Å². The molecule has 2 atom stereocenters. The predicted molar refractivity (Wildman–Crippen MR) is 132 cm³/mol. The van der Waals surface area contributed by atoms with Crippen LogP contribution in [0.1, 0.15) is 23.3 Å². The number of likely N-dealkylation sites (N-methyl/N-ethyl adjacent to an activating group) is 1. The summed E-state index contributed by atoms with van der Waals surface area (Å²) in [5, 5.41) is 12.5. The molecule has 0 aliphatic carbocycles. The van der Waals surface area contributed by atoms with Gasteiger partial charge in [0.15, 0.2) is 0 Å². The van der Waals surface area contributed by atoms with Gasteiger partial charge in [0.2, 0.25) is 0 Å². The Morgan fingerprint density at radius 1 is 0.933 bits per heavy atom. The predicted octanol–water partition coefficient (Wildman–Crippen LogP) is 6.95. The van der Waals surface area contributed by atoms with E-state index in [1.807, 2.05) is 56.3 Å². The zero-order valence-electron chi connectivity index (χ0n) is 17.5. The third-order valence-electron chi connectivity index (χ3n) is 4.94. The molecular weight excluding hydrogens is 433 g/mol. The third-order valence-corrected chi connectivity index (χ3v) is 7.12. The molecule has 3 aromatic rings. The van der Waals surface area contributed by atoms with Gasteiger partial charge in [-0.25, -0.2) is 0 Å². The minimum absolute atomic E-state index is 0.114. The van der Waals surface area contributed by atoms with Gasteiger partial charge in [-0.1, -0.05) is 83.9 Å². The molecule has 3 rings (SSSR count). The molecule has 0 aliphatic heterocycles. The molecule has 3 aromatic carbocycles. The van der Waals surface area contributed by atoms with Crippen LogP contribution in [0, 0.1) is 0 Å². The van der Waals surface area contributed by atoms with Gasteiger partial charge >= 0.3 is 0 Å². The van der Waals surface area contributed by atoms with Crippen LogP contribution in [0.5, 0.6) is 0 Å². The van der Waals surface area contributed by atoms with Crippen molar-refractivity contribution in [3.8, 4) is 11.1 Å². The Hall–Kier alpha value is -1.49. The van der Waals surface area contributed by atoms with E-state index in [1.54, 1.807) is 17.8 Å². The minimum Gasteiger partial charge on any atom is -0.387 e. The number of aliphatic hydroxyl groups is 1. The highest BCUT2D eigenvalue weighted by molar-refractivity contribution is 7.98. The lowest BCUT2D eigenvalue weighted by Gasteiger charge is -2.35. The van der Waals surface area contributed by atoms with E-state index in [4.69, 9.17) is 23.2 Å². The average molecular weight is 460 g/mol. The Kier molecular flexibility index (Phi) is 7.89. The molecular formula is C25H27Cl2NOS. The molecule has 0 spiro atoms. The molecule has 0 bridgehead atoms. The number of halogens is 2. The topological polar surface area (TPSA) is 23.5 Å². The summed E-state index contributed by atoms with van der Waals surface area (Å²) in [4.78, 5) is 2.02. The highest BCUT2D eigenvalue weighted by atomic mass is 35.5. The highest BCUT2D eigenvalue weighted by Gasteiger charge is 2.34. The Morgan fingerprint density at radius 3 is 2.17 bits per heavy atom. The fraction of sp³-hybridized carbons (Fsp3) is 0.280. The van der Waals surface area contributed by atoms with Crippen LogP contribution >= 0.6 is 35.0 Å². The van der Waals surface area contributed by atoms with Gasteiger partial charge in [0.25, 0.3) is 0 Å². The van der Waals surface area contributed by atoms with E-state index >= 15 is 0 Å². The van der Waals surface area contributed by atoms with E-state index in [9.17, 15) is 5.11 Å². The molecule has 0 aliphatic rings. The van der Waals surface area contributed by atoms with Gasteiger partial charge in [0.1, 0.15) is 0 Å². The van der Waals surface area contributed by atoms with Gasteiger partial charge in [-0.15, -0.1) is 11.8 Å². The van der Waals surface area contributed by atoms with Gasteiger partial charge < -0.3 is 10.0 Å². The fourth-order valence-electron chi connectivity index (χ4n) is 3.65. The van der Waals surface area contributed by atoms with Crippen molar-refractivity contribution < 1.29 is 5.11 Å². The van der Waals surface area contributed by atoms with E-state index in [1.165, 1.54) is 5.56 Å². The normalized spacial score (nSPS) is 14.5. The van der Waals surface area contributed by atoms with Crippen molar-refractivity contribution >= 4 is 35.0 Å². The standard InChI is InChI=1S/C25H27Cl2NOS/c1-25(29,17-28(2)3)24(30-16-21-13-14-22(26)15-23(21)27)20-11-9-19(10-12-20)18-7-5-4-6-8-18/h4-15,24,29H,16-17H2,1-3H3. The maximum atomic E-state index is 11.4. The summed E-state index contributed by atoms with van der Waals surface area (Å²) in [6, 6.07) is 24.4. The number of rotatable bonds is 8. The lowest BCUT2D eigenvalue weighted by molar-refractivity contribution is 0.0310. The third kappa shape index (κ3) is 6.03. The van der Waals surface area contributed by atoms with Gasteiger partial charge in [-0.2, -0.15) is 0 Å². The van der Waals surface area contributed by atoms with Crippen molar-refractivity contribution in [1.29, 1.82) is 0 Å². The Labute approximate surface area is 193 Å². The fourth-order valence-corrected chi connectivity index (χ4v) is 5.59. The quantitative estimate of drug-likeness (QED) is 0.394. The lowest BCUT2D eigenvalue weighted by atomic mass is 9.93. The van der Waals surface area contributed by atoms with E-state index in [-0.39, 0.29) is 5.25 Å². The van der Waals surface area contributed by atoms with Crippen molar-refractivity contribution in [2.24, 2.45) is 0 Å². The van der Waals surface area contributed by atoms with Crippen molar-refractivity contribution in [2.75, 3.05) is 20.6 Å². The first kappa shape index (κ1) is 23.2. The van der Waals surface area contributed by atoms with Crippen LogP contribution in [0.3, 0.4) is 0 Å². The molecule has 1 N–H and O–H groups in total. The van der Waals surface area contributed by atoms with Crippen molar-refractivity contribution in [1.82, 2.24) is 4.90 Å². The van der Waals surface area contributed by atoms with E-state index in [2.05, 4.69) is 36.4 Å². The molecule has 0 amide bonds. The Morgan fingerprint density at radius 2 is 1.57 bits per heavy atom. The van der Waals surface area contributed by atoms with Crippen LogP contribution in [0.15, 0.2) is 72.8 Å². The van der Waals surface area contributed by atoms with Crippen molar-refractivity contribution in [2.45, 2.75) is 23.5 Å². The number of thioether (sulfide) groups is 1. The number of hydrogen-bond donors (Lipinski definition) is 1. The summed E-state index contributed by atoms with van der Waals surface area (Å²) in [5.74, 6) is 0.685. The summed E-state index contributed by atoms with van der Waals surface area (Å²) in [6.45, 7) is 2.46. The summed E-state index contributed by atoms with van der Waals surface area (Å²) in [7, 11) is 3.95. The zero-order chi connectivity index (χ0) is 21.7. The van der Waals surface area contributed by atoms with E-state index < -0.39 is 5.60 Å². The Balaban J connectivity index is 1.87. The first-order valence-electron chi connectivity index (χ1n) is 9.84. The summed E-state index contributed by atoms with van der Waals surface area (Å²) >= 11 is 14.1. The van der Waals surface area contributed by atoms with Gasteiger partial charge in [0, 0.05) is 22.3 Å². The van der Waals surface area contributed by atoms with E-state index in [0.717, 1.165) is 16.7 Å². The van der Waals surface area contributed by atoms with Crippen molar-refractivity contribution in [3.63, 3.8) is 0 Å². The molecule has 0 saturated heterocycles. The minimum atomic E-state index is -0.915. The smallest absolute Gasteiger partial charge is 0.0904 e. The SMILES string of the molecule is CN(C)CC(C)(O)C(SCc1ccc(Cl)cc1Cl)c1ccc(-c2ccccc2)cc1. The molecule has 2 unspecified atom stereocenters. The molecule has 0 radical (unpaired) electrons. The number of benzene rings is 3. The second kappa shape index (κ2) is 10.2. The molecule has 158 valence electrons. The molecule has 0 aromatic heterocycles.